The summed E-state index contributed by atoms with van der Waals surface area (Å²) in [6.07, 6.45) is 5.91. The van der Waals surface area contributed by atoms with E-state index in [0.29, 0.717) is 6.04 Å². The Morgan fingerprint density at radius 2 is 2.33 bits per heavy atom. The molecule has 1 unspecified atom stereocenters. The third-order valence-electron chi connectivity index (χ3n) is 2.74. The lowest BCUT2D eigenvalue weighted by atomic mass is 10.1. The van der Waals surface area contributed by atoms with Crippen molar-refractivity contribution >= 4 is 0 Å². The van der Waals surface area contributed by atoms with E-state index >= 15 is 0 Å². The number of hydrogen-bond acceptors (Lipinski definition) is 3. The van der Waals surface area contributed by atoms with Crippen LogP contribution in [0.3, 0.4) is 0 Å². The molecule has 4 heteroatoms. The second-order valence-electron chi connectivity index (χ2n) is 4.15. The molecule has 0 aliphatic carbocycles. The van der Waals surface area contributed by atoms with Gasteiger partial charge in [0, 0.05) is 25.5 Å². The van der Waals surface area contributed by atoms with Gasteiger partial charge in [0.05, 0.1) is 6.54 Å². The van der Waals surface area contributed by atoms with Gasteiger partial charge in [-0.2, -0.15) is 0 Å². The van der Waals surface area contributed by atoms with E-state index in [1.807, 2.05) is 19.4 Å². The summed E-state index contributed by atoms with van der Waals surface area (Å²) in [5.41, 5.74) is 5.88. The Bertz CT molecular complexity index is 282. The molecule has 1 heterocycles. The SMILES string of the molecule is CCC(N)CCN(C)Cc1nccn1C. The summed E-state index contributed by atoms with van der Waals surface area (Å²) < 4.78 is 2.05. The van der Waals surface area contributed by atoms with Crippen molar-refractivity contribution in [1.82, 2.24) is 14.5 Å². The predicted octanol–water partition coefficient (Wildman–Crippen LogP) is 0.979. The van der Waals surface area contributed by atoms with Crippen LogP contribution in [0.4, 0.5) is 0 Å². The lowest BCUT2D eigenvalue weighted by Crippen LogP contribution is -2.28. The van der Waals surface area contributed by atoms with Crippen LogP contribution in [0.15, 0.2) is 12.4 Å². The lowest BCUT2D eigenvalue weighted by Gasteiger charge is -2.18. The van der Waals surface area contributed by atoms with Gasteiger partial charge in [-0.15, -0.1) is 0 Å². The molecular formula is C11H22N4. The van der Waals surface area contributed by atoms with Crippen LogP contribution >= 0.6 is 0 Å². The Kier molecular flexibility index (Phi) is 4.78. The van der Waals surface area contributed by atoms with Crippen molar-refractivity contribution in [3.8, 4) is 0 Å². The van der Waals surface area contributed by atoms with Crippen molar-refractivity contribution in [1.29, 1.82) is 0 Å². The maximum Gasteiger partial charge on any atom is 0.122 e. The molecule has 1 aromatic rings. The van der Waals surface area contributed by atoms with Crippen LogP contribution in [0.25, 0.3) is 0 Å². The summed E-state index contributed by atoms with van der Waals surface area (Å²) in [5.74, 6) is 1.10. The van der Waals surface area contributed by atoms with E-state index in [1.165, 1.54) is 0 Å². The maximum atomic E-state index is 5.88. The highest BCUT2D eigenvalue weighted by Crippen LogP contribution is 2.01. The van der Waals surface area contributed by atoms with E-state index in [-0.39, 0.29) is 0 Å². The zero-order valence-electron chi connectivity index (χ0n) is 9.98. The summed E-state index contributed by atoms with van der Waals surface area (Å²) in [6, 6.07) is 0.328. The predicted molar refractivity (Wildman–Crippen MR) is 62.4 cm³/mol. The van der Waals surface area contributed by atoms with Crippen molar-refractivity contribution in [2.45, 2.75) is 32.4 Å². The number of nitrogens with two attached hydrogens (primary N) is 1. The molecular weight excluding hydrogens is 188 g/mol. The molecule has 1 rings (SSSR count). The Labute approximate surface area is 92.1 Å². The molecule has 2 N–H and O–H groups in total. The summed E-state index contributed by atoms with van der Waals surface area (Å²) >= 11 is 0. The number of nitrogens with zero attached hydrogens (tertiary/aromatic N) is 3. The molecule has 0 aliphatic rings. The Hall–Kier alpha value is -0.870. The van der Waals surface area contributed by atoms with E-state index in [2.05, 4.69) is 28.4 Å². The zero-order chi connectivity index (χ0) is 11.3. The van der Waals surface area contributed by atoms with Gasteiger partial charge < -0.3 is 10.3 Å². The van der Waals surface area contributed by atoms with Crippen LogP contribution in [0.2, 0.25) is 0 Å². The van der Waals surface area contributed by atoms with Crippen molar-refractivity contribution in [2.24, 2.45) is 12.8 Å². The summed E-state index contributed by atoms with van der Waals surface area (Å²) in [7, 11) is 4.13. The monoisotopic (exact) mass is 210 g/mol. The minimum Gasteiger partial charge on any atom is -0.337 e. The second-order valence-corrected chi connectivity index (χ2v) is 4.15. The highest BCUT2D eigenvalue weighted by molar-refractivity contribution is 4.90. The van der Waals surface area contributed by atoms with Crippen LogP contribution < -0.4 is 5.73 Å². The highest BCUT2D eigenvalue weighted by atomic mass is 15.1. The van der Waals surface area contributed by atoms with Crippen molar-refractivity contribution in [3.05, 3.63) is 18.2 Å². The fourth-order valence-corrected chi connectivity index (χ4v) is 1.46. The van der Waals surface area contributed by atoms with Gasteiger partial charge in [0.2, 0.25) is 0 Å². The normalized spacial score (nSPS) is 13.4. The van der Waals surface area contributed by atoms with Crippen molar-refractivity contribution in [3.63, 3.8) is 0 Å². The van der Waals surface area contributed by atoms with Gasteiger partial charge in [-0.25, -0.2) is 4.98 Å². The molecule has 0 saturated carbocycles. The molecule has 86 valence electrons. The smallest absolute Gasteiger partial charge is 0.122 e. The van der Waals surface area contributed by atoms with Gasteiger partial charge in [-0.05, 0) is 26.4 Å². The average Bonchev–Trinajstić information content (AvgIpc) is 2.61. The molecule has 0 spiro atoms. The van der Waals surface area contributed by atoms with Gasteiger partial charge in [0.1, 0.15) is 5.82 Å². The van der Waals surface area contributed by atoms with E-state index in [4.69, 9.17) is 5.73 Å². The average molecular weight is 210 g/mol. The fraction of sp³-hybridized carbons (Fsp3) is 0.727. The first kappa shape index (κ1) is 12.2. The highest BCUT2D eigenvalue weighted by Gasteiger charge is 2.06. The third-order valence-corrected chi connectivity index (χ3v) is 2.74. The Balaban J connectivity index is 2.30. The molecule has 0 aliphatic heterocycles. The summed E-state index contributed by atoms with van der Waals surface area (Å²) in [4.78, 5) is 6.55. The van der Waals surface area contributed by atoms with Crippen LogP contribution in [-0.4, -0.2) is 34.1 Å². The maximum absolute atomic E-state index is 5.88. The number of aromatic nitrogens is 2. The minimum absolute atomic E-state index is 0.328. The lowest BCUT2D eigenvalue weighted by molar-refractivity contribution is 0.299. The molecule has 0 aromatic carbocycles. The number of aryl methyl sites for hydroxylation is 1. The van der Waals surface area contributed by atoms with E-state index in [0.717, 1.165) is 31.8 Å². The first-order chi connectivity index (χ1) is 7.13. The largest absolute Gasteiger partial charge is 0.337 e. The molecule has 4 nitrogen and oxygen atoms in total. The topological polar surface area (TPSA) is 47.1 Å². The molecule has 0 saturated heterocycles. The van der Waals surface area contributed by atoms with Gasteiger partial charge in [-0.3, -0.25) is 4.90 Å². The standard InChI is InChI=1S/C11H22N4/c1-4-10(12)5-7-14(2)9-11-13-6-8-15(11)3/h6,8,10H,4-5,7,9,12H2,1-3H3. The molecule has 15 heavy (non-hydrogen) atoms. The molecule has 0 fully saturated rings. The second kappa shape index (κ2) is 5.88. The van der Waals surface area contributed by atoms with Crippen LogP contribution in [0.5, 0.6) is 0 Å². The van der Waals surface area contributed by atoms with Gasteiger partial charge in [0.15, 0.2) is 0 Å². The quantitative estimate of drug-likeness (QED) is 0.761. The van der Waals surface area contributed by atoms with E-state index < -0.39 is 0 Å². The Morgan fingerprint density at radius 3 is 2.87 bits per heavy atom. The zero-order valence-corrected chi connectivity index (χ0v) is 9.98. The fourth-order valence-electron chi connectivity index (χ4n) is 1.46. The first-order valence-corrected chi connectivity index (χ1v) is 5.53. The van der Waals surface area contributed by atoms with Crippen molar-refractivity contribution < 1.29 is 0 Å². The minimum atomic E-state index is 0.328. The number of rotatable bonds is 6. The van der Waals surface area contributed by atoms with Crippen LogP contribution in [0.1, 0.15) is 25.6 Å². The van der Waals surface area contributed by atoms with Gasteiger partial charge in [-0.1, -0.05) is 6.92 Å². The van der Waals surface area contributed by atoms with Crippen molar-refractivity contribution in [2.75, 3.05) is 13.6 Å². The van der Waals surface area contributed by atoms with Crippen LogP contribution in [-0.2, 0) is 13.6 Å². The van der Waals surface area contributed by atoms with Crippen LogP contribution in [0, 0.1) is 0 Å². The van der Waals surface area contributed by atoms with Gasteiger partial charge in [0.25, 0.3) is 0 Å². The summed E-state index contributed by atoms with van der Waals surface area (Å²) in [5, 5.41) is 0. The molecule has 1 atom stereocenters. The first-order valence-electron chi connectivity index (χ1n) is 5.53. The van der Waals surface area contributed by atoms with E-state index in [1.54, 1.807) is 0 Å². The molecule has 0 amide bonds. The van der Waals surface area contributed by atoms with Gasteiger partial charge >= 0.3 is 0 Å². The summed E-state index contributed by atoms with van der Waals surface area (Å²) in [6.45, 7) is 4.05. The molecule has 0 bridgehead atoms. The third kappa shape index (κ3) is 4.01. The molecule has 0 radical (unpaired) electrons. The molecule has 1 aromatic heterocycles. The Morgan fingerprint density at radius 1 is 1.60 bits per heavy atom. The number of imidazole rings is 1. The number of hydrogen-bond donors (Lipinski definition) is 1. The van der Waals surface area contributed by atoms with E-state index in [9.17, 15) is 0 Å².